The van der Waals surface area contributed by atoms with E-state index >= 15 is 0 Å². The van der Waals surface area contributed by atoms with Crippen LogP contribution in [0.25, 0.3) is 0 Å². The Labute approximate surface area is 66.3 Å². The van der Waals surface area contributed by atoms with Gasteiger partial charge in [0.25, 0.3) is 0 Å². The molecule has 0 aromatic heterocycles. The molecule has 0 aliphatic heterocycles. The minimum Gasteiger partial charge on any atom is -0.394 e. The first-order valence-corrected chi connectivity index (χ1v) is 3.16. The minimum atomic E-state index is -0.560. The van der Waals surface area contributed by atoms with Crippen LogP contribution in [0.3, 0.4) is 0 Å². The van der Waals surface area contributed by atoms with Crippen molar-refractivity contribution in [3.05, 3.63) is 12.2 Å². The summed E-state index contributed by atoms with van der Waals surface area (Å²) in [6, 6.07) is 0. The van der Waals surface area contributed by atoms with E-state index in [4.69, 9.17) is 15.9 Å². The molecule has 0 spiro atoms. The van der Waals surface area contributed by atoms with Crippen LogP contribution in [-0.4, -0.2) is 28.8 Å². The van der Waals surface area contributed by atoms with Crippen molar-refractivity contribution < 1.29 is 15.0 Å². The van der Waals surface area contributed by atoms with Crippen LogP contribution in [0.2, 0.25) is 0 Å². The van der Waals surface area contributed by atoms with Crippen molar-refractivity contribution in [3.8, 4) is 0 Å². The van der Waals surface area contributed by atoms with Crippen molar-refractivity contribution in [2.45, 2.75) is 20.0 Å². The summed E-state index contributed by atoms with van der Waals surface area (Å²) in [6.07, 6.45) is -0.560. The van der Waals surface area contributed by atoms with Crippen LogP contribution < -0.4 is 5.73 Å². The van der Waals surface area contributed by atoms with Crippen molar-refractivity contribution >= 4 is 5.91 Å². The fourth-order valence-electron chi connectivity index (χ4n) is 0. The number of hydrogen-bond donors (Lipinski definition) is 3. The number of carbonyl (C=O) groups is 1. The maximum atomic E-state index is 9.82. The number of rotatable bonds is 2. The van der Waals surface area contributed by atoms with Gasteiger partial charge in [0.15, 0.2) is 0 Å². The van der Waals surface area contributed by atoms with E-state index in [0.29, 0.717) is 5.57 Å². The summed E-state index contributed by atoms with van der Waals surface area (Å²) in [5, 5.41) is 16.0. The van der Waals surface area contributed by atoms with Gasteiger partial charge >= 0.3 is 0 Å². The molecule has 0 saturated carbocycles. The van der Waals surface area contributed by atoms with Gasteiger partial charge < -0.3 is 15.9 Å². The van der Waals surface area contributed by atoms with E-state index in [2.05, 4.69) is 6.58 Å². The second kappa shape index (κ2) is 7.24. The Balaban J connectivity index is 0. The molecular weight excluding hydrogens is 146 g/mol. The summed E-state index contributed by atoms with van der Waals surface area (Å²) in [5.41, 5.74) is 5.09. The van der Waals surface area contributed by atoms with E-state index in [1.54, 1.807) is 6.92 Å². The number of nitrogens with two attached hydrogens (primary N) is 1. The Morgan fingerprint density at radius 2 is 1.91 bits per heavy atom. The van der Waals surface area contributed by atoms with Crippen LogP contribution in [0.4, 0.5) is 0 Å². The molecule has 0 fully saturated rings. The van der Waals surface area contributed by atoms with Gasteiger partial charge in [-0.3, -0.25) is 4.79 Å². The number of primary amides is 1. The summed E-state index contributed by atoms with van der Waals surface area (Å²) in [6.45, 7) is 6.24. The van der Waals surface area contributed by atoms with E-state index in [1.807, 2.05) is 0 Å². The van der Waals surface area contributed by atoms with Gasteiger partial charge in [-0.15, -0.1) is 0 Å². The fourth-order valence-corrected chi connectivity index (χ4v) is 0. The topological polar surface area (TPSA) is 83.6 Å². The molecule has 1 unspecified atom stereocenters. The molecule has 0 saturated heterocycles. The van der Waals surface area contributed by atoms with Crippen molar-refractivity contribution in [3.63, 3.8) is 0 Å². The Bertz CT molecular complexity index is 120. The lowest BCUT2D eigenvalue weighted by molar-refractivity contribution is -0.114. The maximum absolute atomic E-state index is 9.82. The zero-order valence-corrected chi connectivity index (χ0v) is 6.87. The second-order valence-corrected chi connectivity index (χ2v) is 2.18. The van der Waals surface area contributed by atoms with Gasteiger partial charge in [-0.2, -0.15) is 0 Å². The zero-order chi connectivity index (χ0) is 9.44. The summed E-state index contributed by atoms with van der Waals surface area (Å²) < 4.78 is 0. The molecule has 1 atom stereocenters. The number of amides is 1. The van der Waals surface area contributed by atoms with Crippen molar-refractivity contribution in [2.24, 2.45) is 5.73 Å². The molecule has 1 amide bonds. The standard InChI is InChI=1S/C4H7NO.C3H8O2/c1-3(2)4(5)6;1-3(5)2-4/h1H2,2H3,(H2,5,6);3-5H,2H2,1H3. The lowest BCUT2D eigenvalue weighted by Gasteiger charge is -1.90. The Kier molecular flexibility index (Phi) is 8.41. The van der Waals surface area contributed by atoms with Crippen LogP contribution in [-0.2, 0) is 4.79 Å². The van der Waals surface area contributed by atoms with Crippen LogP contribution in [0.15, 0.2) is 12.2 Å². The van der Waals surface area contributed by atoms with E-state index in [0.717, 1.165) is 0 Å². The molecule has 11 heavy (non-hydrogen) atoms. The van der Waals surface area contributed by atoms with Gasteiger partial charge in [0.1, 0.15) is 0 Å². The van der Waals surface area contributed by atoms with Crippen molar-refractivity contribution in [1.29, 1.82) is 0 Å². The van der Waals surface area contributed by atoms with Gasteiger partial charge in [0.05, 0.1) is 12.7 Å². The van der Waals surface area contributed by atoms with E-state index in [9.17, 15) is 4.79 Å². The van der Waals surface area contributed by atoms with Gasteiger partial charge in [0, 0.05) is 5.57 Å². The summed E-state index contributed by atoms with van der Waals surface area (Å²) in [4.78, 5) is 9.82. The van der Waals surface area contributed by atoms with E-state index < -0.39 is 12.0 Å². The molecule has 0 rings (SSSR count). The first-order valence-electron chi connectivity index (χ1n) is 3.16. The quantitative estimate of drug-likeness (QED) is 0.473. The van der Waals surface area contributed by atoms with Gasteiger partial charge in [-0.1, -0.05) is 6.58 Å². The third kappa shape index (κ3) is 17.6. The monoisotopic (exact) mass is 161 g/mol. The highest BCUT2D eigenvalue weighted by Crippen LogP contribution is 1.78. The Morgan fingerprint density at radius 3 is 1.91 bits per heavy atom. The molecule has 4 N–H and O–H groups in total. The molecule has 0 aromatic rings. The Morgan fingerprint density at radius 1 is 1.73 bits per heavy atom. The summed E-state index contributed by atoms with van der Waals surface area (Å²) in [7, 11) is 0. The Hall–Kier alpha value is -0.870. The van der Waals surface area contributed by atoms with Crippen LogP contribution in [0.1, 0.15) is 13.8 Å². The van der Waals surface area contributed by atoms with E-state index in [1.165, 1.54) is 6.92 Å². The second-order valence-electron chi connectivity index (χ2n) is 2.18. The van der Waals surface area contributed by atoms with Crippen LogP contribution in [0, 0.1) is 0 Å². The highest BCUT2D eigenvalue weighted by Gasteiger charge is 1.86. The molecule has 0 bridgehead atoms. The largest absolute Gasteiger partial charge is 0.394 e. The van der Waals surface area contributed by atoms with Crippen molar-refractivity contribution in [2.75, 3.05) is 6.61 Å². The third-order valence-electron chi connectivity index (χ3n) is 0.685. The number of hydrogen-bond acceptors (Lipinski definition) is 3. The van der Waals surface area contributed by atoms with Gasteiger partial charge in [-0.05, 0) is 13.8 Å². The molecule has 4 heteroatoms. The number of aliphatic hydroxyl groups excluding tert-OH is 2. The predicted molar refractivity (Wildman–Crippen MR) is 42.8 cm³/mol. The van der Waals surface area contributed by atoms with Crippen molar-refractivity contribution in [1.82, 2.24) is 0 Å². The van der Waals surface area contributed by atoms with Crippen LogP contribution in [0.5, 0.6) is 0 Å². The third-order valence-corrected chi connectivity index (χ3v) is 0.685. The lowest BCUT2D eigenvalue weighted by Crippen LogP contribution is -2.10. The fraction of sp³-hybridized carbons (Fsp3) is 0.571. The first-order chi connectivity index (χ1) is 4.91. The predicted octanol–water partition coefficient (Wildman–Crippen LogP) is -0.593. The molecule has 66 valence electrons. The summed E-state index contributed by atoms with van der Waals surface area (Å²) in [5.74, 6) is -0.435. The summed E-state index contributed by atoms with van der Waals surface area (Å²) >= 11 is 0. The number of aliphatic hydroxyl groups is 2. The molecule has 4 nitrogen and oxygen atoms in total. The zero-order valence-electron chi connectivity index (χ0n) is 6.87. The average molecular weight is 161 g/mol. The molecule has 0 heterocycles. The highest BCUT2D eigenvalue weighted by molar-refractivity contribution is 5.90. The van der Waals surface area contributed by atoms with Gasteiger partial charge in [0.2, 0.25) is 5.91 Å². The minimum absolute atomic E-state index is 0.139. The molecule has 0 aliphatic rings. The van der Waals surface area contributed by atoms with E-state index in [-0.39, 0.29) is 6.61 Å². The highest BCUT2D eigenvalue weighted by atomic mass is 16.3. The molecule has 0 aliphatic carbocycles. The van der Waals surface area contributed by atoms with Gasteiger partial charge in [-0.25, -0.2) is 0 Å². The average Bonchev–Trinajstić information content (AvgIpc) is 1.89. The normalized spacial score (nSPS) is 10.9. The number of carbonyl (C=O) groups excluding carboxylic acids is 1. The maximum Gasteiger partial charge on any atom is 0.243 e. The smallest absolute Gasteiger partial charge is 0.243 e. The molecule has 0 radical (unpaired) electrons. The molecular formula is C7H15NO3. The SMILES string of the molecule is C=C(C)C(N)=O.CC(O)CO. The molecule has 0 aromatic carbocycles. The van der Waals surface area contributed by atoms with Crippen LogP contribution >= 0.6 is 0 Å². The lowest BCUT2D eigenvalue weighted by atomic mass is 10.3. The first kappa shape index (κ1) is 12.8.